The van der Waals surface area contributed by atoms with Crippen molar-refractivity contribution in [1.29, 1.82) is 0 Å². The predicted molar refractivity (Wildman–Crippen MR) is 67.5 cm³/mol. The Morgan fingerprint density at radius 3 is 2.76 bits per heavy atom. The highest BCUT2D eigenvalue weighted by Crippen LogP contribution is 2.08. The molecule has 17 heavy (non-hydrogen) atoms. The fourth-order valence-electron chi connectivity index (χ4n) is 1.77. The third-order valence-corrected chi connectivity index (χ3v) is 2.85. The molecule has 0 aliphatic rings. The largest absolute Gasteiger partial charge is 0.344 e. The molecule has 1 unspecified atom stereocenters. The molecule has 4 heteroatoms. The standard InChI is InChI=1S/C13H18N4/c1-2-11(14)9-12-5-3-8-17(12)10-13-15-6-4-7-16-13/h3-8,11H,2,9-10,14H2,1H3. The maximum Gasteiger partial charge on any atom is 0.147 e. The normalized spacial score (nSPS) is 12.6. The van der Waals surface area contributed by atoms with Crippen molar-refractivity contribution in [3.05, 3.63) is 48.3 Å². The second kappa shape index (κ2) is 5.59. The van der Waals surface area contributed by atoms with Gasteiger partial charge in [-0.15, -0.1) is 0 Å². The average Bonchev–Trinajstić information content (AvgIpc) is 2.78. The van der Waals surface area contributed by atoms with E-state index < -0.39 is 0 Å². The van der Waals surface area contributed by atoms with Crippen LogP contribution in [0.2, 0.25) is 0 Å². The third kappa shape index (κ3) is 3.14. The molecule has 0 saturated heterocycles. The van der Waals surface area contributed by atoms with Crippen LogP contribution in [0.4, 0.5) is 0 Å². The van der Waals surface area contributed by atoms with Crippen molar-refractivity contribution in [1.82, 2.24) is 14.5 Å². The Morgan fingerprint density at radius 1 is 1.29 bits per heavy atom. The van der Waals surface area contributed by atoms with Gasteiger partial charge >= 0.3 is 0 Å². The van der Waals surface area contributed by atoms with E-state index in [1.54, 1.807) is 12.4 Å². The lowest BCUT2D eigenvalue weighted by Gasteiger charge is -2.12. The summed E-state index contributed by atoms with van der Waals surface area (Å²) in [6.07, 6.45) is 7.48. The minimum Gasteiger partial charge on any atom is -0.344 e. The van der Waals surface area contributed by atoms with Gasteiger partial charge in [0.25, 0.3) is 0 Å². The van der Waals surface area contributed by atoms with Gasteiger partial charge in [-0.2, -0.15) is 0 Å². The summed E-state index contributed by atoms with van der Waals surface area (Å²) >= 11 is 0. The van der Waals surface area contributed by atoms with E-state index >= 15 is 0 Å². The first-order valence-corrected chi connectivity index (χ1v) is 5.95. The summed E-state index contributed by atoms with van der Waals surface area (Å²) in [6.45, 7) is 2.82. The van der Waals surface area contributed by atoms with Crippen LogP contribution in [0.3, 0.4) is 0 Å². The molecule has 4 nitrogen and oxygen atoms in total. The van der Waals surface area contributed by atoms with E-state index in [0.29, 0.717) is 6.54 Å². The molecule has 0 spiro atoms. The van der Waals surface area contributed by atoms with Crippen LogP contribution in [-0.2, 0) is 13.0 Å². The van der Waals surface area contributed by atoms with Gasteiger partial charge in [-0.1, -0.05) is 6.92 Å². The molecule has 2 aromatic heterocycles. The summed E-state index contributed by atoms with van der Waals surface area (Å²) in [5.74, 6) is 0.829. The Balaban J connectivity index is 2.09. The molecule has 0 bridgehead atoms. The zero-order chi connectivity index (χ0) is 12.1. The summed E-state index contributed by atoms with van der Waals surface area (Å²) in [4.78, 5) is 8.46. The van der Waals surface area contributed by atoms with Crippen LogP contribution >= 0.6 is 0 Å². The summed E-state index contributed by atoms with van der Waals surface area (Å²) < 4.78 is 2.16. The van der Waals surface area contributed by atoms with Gasteiger partial charge in [0.1, 0.15) is 5.82 Å². The van der Waals surface area contributed by atoms with Crippen LogP contribution in [0.25, 0.3) is 0 Å². The quantitative estimate of drug-likeness (QED) is 0.849. The second-order valence-corrected chi connectivity index (χ2v) is 4.16. The molecule has 90 valence electrons. The molecule has 2 rings (SSSR count). The van der Waals surface area contributed by atoms with E-state index in [0.717, 1.165) is 18.7 Å². The van der Waals surface area contributed by atoms with Crippen molar-refractivity contribution in [2.24, 2.45) is 5.73 Å². The van der Waals surface area contributed by atoms with Gasteiger partial charge in [-0.25, -0.2) is 9.97 Å². The van der Waals surface area contributed by atoms with Crippen LogP contribution in [0.15, 0.2) is 36.8 Å². The lowest BCUT2D eigenvalue weighted by molar-refractivity contribution is 0.604. The second-order valence-electron chi connectivity index (χ2n) is 4.16. The SMILES string of the molecule is CCC(N)Cc1cccn1Cc1ncccn1. The van der Waals surface area contributed by atoms with Gasteiger partial charge < -0.3 is 10.3 Å². The average molecular weight is 230 g/mol. The van der Waals surface area contributed by atoms with E-state index in [1.807, 2.05) is 18.3 Å². The topological polar surface area (TPSA) is 56.7 Å². The lowest BCUT2D eigenvalue weighted by Crippen LogP contribution is -2.23. The number of hydrogen-bond donors (Lipinski definition) is 1. The first-order chi connectivity index (χ1) is 8.29. The van der Waals surface area contributed by atoms with Crippen molar-refractivity contribution in [3.8, 4) is 0 Å². The molecule has 1 atom stereocenters. The Bertz CT molecular complexity index is 449. The Labute approximate surface area is 102 Å². The van der Waals surface area contributed by atoms with Crippen molar-refractivity contribution in [2.45, 2.75) is 32.4 Å². The summed E-state index contributed by atoms with van der Waals surface area (Å²) in [6, 6.07) is 6.20. The molecule has 2 N–H and O–H groups in total. The van der Waals surface area contributed by atoms with Crippen molar-refractivity contribution in [3.63, 3.8) is 0 Å². The molecular formula is C13H18N4. The molecule has 2 aromatic rings. The van der Waals surface area contributed by atoms with E-state index in [1.165, 1.54) is 5.69 Å². The minimum atomic E-state index is 0.223. The Hall–Kier alpha value is -1.68. The van der Waals surface area contributed by atoms with Gasteiger partial charge in [-0.3, -0.25) is 0 Å². The third-order valence-electron chi connectivity index (χ3n) is 2.85. The van der Waals surface area contributed by atoms with E-state index in [-0.39, 0.29) is 6.04 Å². The van der Waals surface area contributed by atoms with E-state index in [4.69, 9.17) is 5.73 Å². The van der Waals surface area contributed by atoms with Crippen molar-refractivity contribution in [2.75, 3.05) is 0 Å². The zero-order valence-electron chi connectivity index (χ0n) is 10.1. The van der Waals surface area contributed by atoms with Gasteiger partial charge in [0, 0.05) is 36.7 Å². The summed E-state index contributed by atoms with van der Waals surface area (Å²) in [5.41, 5.74) is 7.22. The predicted octanol–water partition coefficient (Wildman–Crippen LogP) is 1.61. The fraction of sp³-hybridized carbons (Fsp3) is 0.385. The molecule has 2 heterocycles. The van der Waals surface area contributed by atoms with Crippen molar-refractivity contribution >= 4 is 0 Å². The van der Waals surface area contributed by atoms with Gasteiger partial charge in [0.05, 0.1) is 6.54 Å². The smallest absolute Gasteiger partial charge is 0.147 e. The van der Waals surface area contributed by atoms with Crippen LogP contribution in [0, 0.1) is 0 Å². The lowest BCUT2D eigenvalue weighted by atomic mass is 10.1. The van der Waals surface area contributed by atoms with Crippen LogP contribution in [-0.4, -0.2) is 20.6 Å². The molecule has 0 aliphatic heterocycles. The fourth-order valence-corrected chi connectivity index (χ4v) is 1.77. The number of aromatic nitrogens is 3. The monoisotopic (exact) mass is 230 g/mol. The Morgan fingerprint density at radius 2 is 2.06 bits per heavy atom. The molecule has 0 aromatic carbocycles. The van der Waals surface area contributed by atoms with Gasteiger partial charge in [0.2, 0.25) is 0 Å². The van der Waals surface area contributed by atoms with Crippen molar-refractivity contribution < 1.29 is 0 Å². The van der Waals surface area contributed by atoms with Gasteiger partial charge in [-0.05, 0) is 24.6 Å². The summed E-state index contributed by atoms with van der Waals surface area (Å²) in [5, 5.41) is 0. The Kier molecular flexibility index (Phi) is 3.88. The number of hydrogen-bond acceptors (Lipinski definition) is 3. The highest BCUT2D eigenvalue weighted by atomic mass is 15.0. The maximum atomic E-state index is 5.98. The van der Waals surface area contributed by atoms with E-state index in [2.05, 4.69) is 27.5 Å². The summed E-state index contributed by atoms with van der Waals surface area (Å²) in [7, 11) is 0. The highest BCUT2D eigenvalue weighted by molar-refractivity contribution is 5.10. The molecule has 0 saturated carbocycles. The molecule has 0 fully saturated rings. The zero-order valence-corrected chi connectivity index (χ0v) is 10.1. The van der Waals surface area contributed by atoms with Crippen LogP contribution in [0.5, 0.6) is 0 Å². The maximum absolute atomic E-state index is 5.98. The minimum absolute atomic E-state index is 0.223. The number of rotatable bonds is 5. The van der Waals surface area contributed by atoms with E-state index in [9.17, 15) is 0 Å². The molecular weight excluding hydrogens is 212 g/mol. The first-order valence-electron chi connectivity index (χ1n) is 5.95. The van der Waals surface area contributed by atoms with Crippen LogP contribution in [0.1, 0.15) is 24.9 Å². The molecule has 0 amide bonds. The molecule has 0 radical (unpaired) electrons. The first kappa shape index (κ1) is 11.8. The highest BCUT2D eigenvalue weighted by Gasteiger charge is 2.07. The van der Waals surface area contributed by atoms with Gasteiger partial charge in [0.15, 0.2) is 0 Å². The molecule has 0 aliphatic carbocycles. The number of nitrogens with zero attached hydrogens (tertiary/aromatic N) is 3. The number of nitrogens with two attached hydrogens (primary N) is 1. The van der Waals surface area contributed by atoms with Crippen LogP contribution < -0.4 is 5.73 Å².